The average molecular weight is 435 g/mol. The first kappa shape index (κ1) is 21.2. The van der Waals surface area contributed by atoms with Crippen LogP contribution in [0.15, 0.2) is 59.1 Å². The van der Waals surface area contributed by atoms with Crippen molar-refractivity contribution in [3.63, 3.8) is 0 Å². The van der Waals surface area contributed by atoms with E-state index in [1.165, 1.54) is 0 Å². The molecule has 2 heterocycles. The van der Waals surface area contributed by atoms with Crippen LogP contribution in [0.4, 0.5) is 0 Å². The molecule has 0 bridgehead atoms. The van der Waals surface area contributed by atoms with Gasteiger partial charge in [-0.05, 0) is 49.1 Å². The smallest absolute Gasteiger partial charge is 0.152 e. The van der Waals surface area contributed by atoms with Gasteiger partial charge in [0.25, 0.3) is 0 Å². The Hall–Kier alpha value is -2.67. The number of rotatable bonds is 9. The minimum Gasteiger partial charge on any atom is -0.508 e. The van der Waals surface area contributed by atoms with E-state index in [1.54, 1.807) is 19.2 Å². The molecule has 3 aromatic rings. The van der Waals surface area contributed by atoms with E-state index < -0.39 is 0 Å². The van der Waals surface area contributed by atoms with Gasteiger partial charge in [0.05, 0.1) is 24.9 Å². The summed E-state index contributed by atoms with van der Waals surface area (Å²) in [6.45, 7) is 4.24. The summed E-state index contributed by atoms with van der Waals surface area (Å²) in [4.78, 5) is 2.50. The quantitative estimate of drug-likeness (QED) is 0.501. The highest BCUT2D eigenvalue weighted by molar-refractivity contribution is 5.83. The minimum absolute atomic E-state index is 0.00519. The molecule has 168 valence electrons. The Morgan fingerprint density at radius 2 is 1.84 bits per heavy atom. The van der Waals surface area contributed by atoms with Crippen LogP contribution < -0.4 is 0 Å². The SMILES string of the molecule is COCCO[C@@H]1CCN(CC2(c3onc(-c4ccc(O)cc4)c3-c3ccccc3)CC2)C1. The molecule has 2 aliphatic rings. The normalized spacial score (nSPS) is 20.0. The second-order valence-electron chi connectivity index (χ2n) is 8.94. The molecule has 6 nitrogen and oxygen atoms in total. The van der Waals surface area contributed by atoms with Gasteiger partial charge in [-0.25, -0.2) is 0 Å². The summed E-state index contributed by atoms with van der Waals surface area (Å²) in [5, 5.41) is 14.2. The standard InChI is InChI=1S/C26H30N2O4/c1-30-15-16-31-22-11-14-28(17-22)18-26(12-13-26)25-23(19-5-3-2-4-6-19)24(27-32-25)20-7-9-21(29)10-8-20/h2-10,22,29H,11-18H2,1H3/t22-/m1/s1. The molecule has 0 radical (unpaired) electrons. The van der Waals surface area contributed by atoms with Crippen LogP contribution in [0.3, 0.4) is 0 Å². The number of phenolic OH excluding ortho intramolecular Hbond substituents is 1. The Bertz CT molecular complexity index is 1030. The zero-order valence-electron chi connectivity index (χ0n) is 18.5. The van der Waals surface area contributed by atoms with E-state index >= 15 is 0 Å². The van der Waals surface area contributed by atoms with E-state index in [0.717, 1.165) is 67.0 Å². The molecule has 1 aliphatic heterocycles. The summed E-state index contributed by atoms with van der Waals surface area (Å²) in [6.07, 6.45) is 3.53. The number of phenols is 1. The molecule has 2 fully saturated rings. The lowest BCUT2D eigenvalue weighted by molar-refractivity contribution is 0.0217. The van der Waals surface area contributed by atoms with Crippen molar-refractivity contribution in [3.8, 4) is 28.1 Å². The van der Waals surface area contributed by atoms with Crippen LogP contribution in [0, 0.1) is 0 Å². The minimum atomic E-state index is -0.00519. The zero-order chi connectivity index (χ0) is 22.0. The molecule has 1 N–H and O–H groups in total. The van der Waals surface area contributed by atoms with Crippen LogP contribution in [-0.4, -0.2) is 61.2 Å². The number of aromatic nitrogens is 1. The van der Waals surface area contributed by atoms with Gasteiger partial charge in [0.2, 0.25) is 0 Å². The first-order valence-corrected chi connectivity index (χ1v) is 11.4. The molecular weight excluding hydrogens is 404 g/mol. The van der Waals surface area contributed by atoms with Crippen LogP contribution in [0.25, 0.3) is 22.4 Å². The molecule has 32 heavy (non-hydrogen) atoms. The van der Waals surface area contributed by atoms with Crippen LogP contribution >= 0.6 is 0 Å². The van der Waals surface area contributed by atoms with Crippen molar-refractivity contribution in [2.24, 2.45) is 0 Å². The molecule has 0 unspecified atom stereocenters. The fourth-order valence-electron chi connectivity index (χ4n) is 4.75. The lowest BCUT2D eigenvalue weighted by atomic mass is 9.91. The van der Waals surface area contributed by atoms with Gasteiger partial charge in [-0.15, -0.1) is 0 Å². The maximum absolute atomic E-state index is 9.72. The highest BCUT2D eigenvalue weighted by atomic mass is 16.5. The van der Waals surface area contributed by atoms with E-state index in [2.05, 4.69) is 34.3 Å². The summed E-state index contributed by atoms with van der Waals surface area (Å²) >= 11 is 0. The summed E-state index contributed by atoms with van der Waals surface area (Å²) in [6, 6.07) is 17.5. The number of benzene rings is 2. The van der Waals surface area contributed by atoms with Gasteiger partial charge in [-0.1, -0.05) is 35.5 Å². The average Bonchev–Trinajstić information content (AvgIpc) is 3.23. The fourth-order valence-corrected chi connectivity index (χ4v) is 4.75. The van der Waals surface area contributed by atoms with Crippen LogP contribution in [0.2, 0.25) is 0 Å². The summed E-state index contributed by atoms with van der Waals surface area (Å²) in [7, 11) is 1.70. The summed E-state index contributed by atoms with van der Waals surface area (Å²) < 4.78 is 17.2. The van der Waals surface area contributed by atoms with E-state index in [4.69, 9.17) is 14.0 Å². The Kier molecular flexibility index (Phi) is 6.00. The Morgan fingerprint density at radius 3 is 2.56 bits per heavy atom. The van der Waals surface area contributed by atoms with Gasteiger partial charge in [0.1, 0.15) is 11.4 Å². The molecule has 5 rings (SSSR count). The van der Waals surface area contributed by atoms with Crippen molar-refractivity contribution in [1.29, 1.82) is 0 Å². The maximum atomic E-state index is 9.72. The highest BCUT2D eigenvalue weighted by Crippen LogP contribution is 2.54. The molecule has 1 aromatic heterocycles. The largest absolute Gasteiger partial charge is 0.508 e. The van der Waals surface area contributed by atoms with E-state index in [-0.39, 0.29) is 17.3 Å². The first-order valence-electron chi connectivity index (χ1n) is 11.4. The number of ether oxygens (including phenoxy) is 2. The third-order valence-corrected chi connectivity index (χ3v) is 6.63. The number of likely N-dealkylation sites (tertiary alicyclic amines) is 1. The number of aromatic hydroxyl groups is 1. The van der Waals surface area contributed by atoms with Crippen molar-refractivity contribution < 1.29 is 19.1 Å². The Balaban J connectivity index is 1.42. The zero-order valence-corrected chi connectivity index (χ0v) is 18.5. The predicted molar refractivity (Wildman–Crippen MR) is 123 cm³/mol. The highest BCUT2D eigenvalue weighted by Gasteiger charge is 2.51. The van der Waals surface area contributed by atoms with Crippen LogP contribution in [0.5, 0.6) is 5.75 Å². The van der Waals surface area contributed by atoms with Gasteiger partial charge >= 0.3 is 0 Å². The molecule has 1 saturated carbocycles. The lowest BCUT2D eigenvalue weighted by Crippen LogP contribution is -2.32. The van der Waals surface area contributed by atoms with Crippen LogP contribution in [-0.2, 0) is 14.9 Å². The topological polar surface area (TPSA) is 68.0 Å². The van der Waals surface area contributed by atoms with Crippen molar-refractivity contribution in [1.82, 2.24) is 10.1 Å². The maximum Gasteiger partial charge on any atom is 0.152 e. The third kappa shape index (κ3) is 4.31. The third-order valence-electron chi connectivity index (χ3n) is 6.63. The second kappa shape index (κ2) is 9.06. The lowest BCUT2D eigenvalue weighted by Gasteiger charge is -2.22. The van der Waals surface area contributed by atoms with Crippen molar-refractivity contribution >= 4 is 0 Å². The number of nitrogens with zero attached hydrogens (tertiary/aromatic N) is 2. The van der Waals surface area contributed by atoms with Gasteiger partial charge in [-0.2, -0.15) is 0 Å². The van der Waals surface area contributed by atoms with Gasteiger partial charge < -0.3 is 19.1 Å². The monoisotopic (exact) mass is 434 g/mol. The molecule has 0 spiro atoms. The number of hydrogen-bond acceptors (Lipinski definition) is 6. The molecule has 1 aliphatic carbocycles. The van der Waals surface area contributed by atoms with Crippen molar-refractivity contribution in [2.45, 2.75) is 30.8 Å². The second-order valence-corrected chi connectivity index (χ2v) is 8.94. The first-order chi connectivity index (χ1) is 15.7. The van der Waals surface area contributed by atoms with Gasteiger partial charge in [-0.3, -0.25) is 4.90 Å². The molecule has 1 saturated heterocycles. The van der Waals surface area contributed by atoms with E-state index in [1.807, 2.05) is 18.2 Å². The summed E-state index contributed by atoms with van der Waals surface area (Å²) in [5.41, 5.74) is 3.95. The van der Waals surface area contributed by atoms with Crippen molar-refractivity contribution in [3.05, 3.63) is 60.4 Å². The summed E-state index contributed by atoms with van der Waals surface area (Å²) in [5.74, 6) is 1.23. The van der Waals surface area contributed by atoms with Crippen LogP contribution in [0.1, 0.15) is 25.0 Å². The Morgan fingerprint density at radius 1 is 1.06 bits per heavy atom. The number of methoxy groups -OCH3 is 1. The molecule has 1 atom stereocenters. The molecular formula is C26H30N2O4. The fraction of sp³-hybridized carbons (Fsp3) is 0.423. The van der Waals surface area contributed by atoms with Gasteiger partial charge in [0, 0.05) is 37.7 Å². The Labute approximate surface area is 188 Å². The molecule has 0 amide bonds. The van der Waals surface area contributed by atoms with Gasteiger partial charge in [0.15, 0.2) is 5.76 Å². The molecule has 2 aromatic carbocycles. The predicted octanol–water partition coefficient (Wildman–Crippen LogP) is 4.48. The van der Waals surface area contributed by atoms with Crippen molar-refractivity contribution in [2.75, 3.05) is 40.0 Å². The van der Waals surface area contributed by atoms with E-state index in [0.29, 0.717) is 13.2 Å². The number of hydrogen-bond donors (Lipinski definition) is 1. The van der Waals surface area contributed by atoms with E-state index in [9.17, 15) is 5.11 Å². The molecule has 6 heteroatoms.